The summed E-state index contributed by atoms with van der Waals surface area (Å²) < 4.78 is 12.0. The quantitative estimate of drug-likeness (QED) is 0.280. The predicted octanol–water partition coefficient (Wildman–Crippen LogP) is 4.98. The van der Waals surface area contributed by atoms with Crippen molar-refractivity contribution in [1.82, 2.24) is 0 Å². The zero-order valence-corrected chi connectivity index (χ0v) is 17.8. The van der Waals surface area contributed by atoms with Crippen molar-refractivity contribution in [1.29, 1.82) is 0 Å². The molecular formula is C24H19BrO4. The third-order valence-corrected chi connectivity index (χ3v) is 6.47. The van der Waals surface area contributed by atoms with Crippen LogP contribution < -0.4 is 4.74 Å². The van der Waals surface area contributed by atoms with Crippen LogP contribution in [0.15, 0.2) is 40.9 Å². The number of hydrogen-bond donors (Lipinski definition) is 0. The van der Waals surface area contributed by atoms with Gasteiger partial charge in [-0.3, -0.25) is 0 Å². The van der Waals surface area contributed by atoms with Gasteiger partial charge in [-0.1, -0.05) is 12.5 Å². The molecule has 0 aromatic heterocycles. The minimum Gasteiger partial charge on any atom is -0.453 e. The number of halogens is 1. The van der Waals surface area contributed by atoms with Crippen LogP contribution in [0.4, 0.5) is 0 Å². The van der Waals surface area contributed by atoms with Gasteiger partial charge in [-0.2, -0.15) is 0 Å². The van der Waals surface area contributed by atoms with Gasteiger partial charge >= 0.3 is 11.9 Å². The lowest BCUT2D eigenvalue weighted by atomic mass is 9.76. The summed E-state index contributed by atoms with van der Waals surface area (Å²) in [5.41, 5.74) is 5.38. The molecule has 4 rings (SSSR count). The first-order valence-corrected chi connectivity index (χ1v) is 10.1. The molecule has 1 heterocycles. The first-order chi connectivity index (χ1) is 13.8. The van der Waals surface area contributed by atoms with E-state index in [1.807, 2.05) is 19.9 Å². The van der Waals surface area contributed by atoms with Crippen LogP contribution in [0.3, 0.4) is 0 Å². The summed E-state index contributed by atoms with van der Waals surface area (Å²) in [4.78, 5) is 24.9. The van der Waals surface area contributed by atoms with E-state index in [2.05, 4.69) is 28.4 Å². The topological polar surface area (TPSA) is 52.6 Å². The molecule has 0 N–H and O–H groups in total. The summed E-state index contributed by atoms with van der Waals surface area (Å²) in [6, 6.07) is 6.96. The van der Waals surface area contributed by atoms with E-state index < -0.39 is 5.97 Å². The van der Waals surface area contributed by atoms with Gasteiger partial charge in [-0.05, 0) is 83.6 Å². The number of fused-ring (bicyclic) bond motifs is 3. The largest absolute Gasteiger partial charge is 0.453 e. The average Bonchev–Trinajstić information content (AvgIpc) is 2.99. The first kappa shape index (κ1) is 19.5. The van der Waals surface area contributed by atoms with Crippen molar-refractivity contribution in [3.63, 3.8) is 0 Å². The molecule has 0 bridgehead atoms. The van der Waals surface area contributed by atoms with E-state index in [0.29, 0.717) is 26.9 Å². The van der Waals surface area contributed by atoms with Gasteiger partial charge < -0.3 is 9.47 Å². The van der Waals surface area contributed by atoms with Crippen LogP contribution in [0.1, 0.15) is 50.7 Å². The van der Waals surface area contributed by atoms with Crippen molar-refractivity contribution >= 4 is 27.9 Å². The van der Waals surface area contributed by atoms with Gasteiger partial charge in [-0.25, -0.2) is 9.59 Å². The molecular weight excluding hydrogens is 432 g/mol. The number of terminal acetylenes is 1. The molecule has 29 heavy (non-hydrogen) atoms. The third kappa shape index (κ3) is 3.18. The lowest BCUT2D eigenvalue weighted by Crippen LogP contribution is -2.21. The van der Waals surface area contributed by atoms with Crippen molar-refractivity contribution in [3.8, 4) is 18.1 Å². The molecule has 2 aliphatic rings. The molecule has 0 spiro atoms. The number of esters is 2. The van der Waals surface area contributed by atoms with E-state index in [0.717, 1.165) is 35.1 Å². The molecule has 0 amide bonds. The second-order valence-electron chi connectivity index (χ2n) is 7.43. The van der Waals surface area contributed by atoms with E-state index in [-0.39, 0.29) is 18.0 Å². The van der Waals surface area contributed by atoms with Crippen molar-refractivity contribution in [2.24, 2.45) is 5.92 Å². The second kappa shape index (κ2) is 7.20. The van der Waals surface area contributed by atoms with Crippen LogP contribution in [-0.4, -0.2) is 11.9 Å². The maximum absolute atomic E-state index is 12.8. The lowest BCUT2D eigenvalue weighted by molar-refractivity contribution is -0.139. The number of benzene rings is 2. The van der Waals surface area contributed by atoms with E-state index in [1.165, 1.54) is 0 Å². The van der Waals surface area contributed by atoms with Crippen LogP contribution in [0.2, 0.25) is 0 Å². The Balaban J connectivity index is 1.74. The summed E-state index contributed by atoms with van der Waals surface area (Å²) in [6.45, 7) is 7.78. The maximum atomic E-state index is 12.8. The number of hydrogen-bond acceptors (Lipinski definition) is 4. The summed E-state index contributed by atoms with van der Waals surface area (Å²) in [5.74, 6) is 2.10. The molecule has 0 saturated carbocycles. The SMILES string of the molecule is C#Cc1ccc(Br)c(C(=O)Oc2cc(C)c3c(c2C)[C@@H]2OC(=O)C(=C)[C@@H]2CC3)c1. The van der Waals surface area contributed by atoms with Gasteiger partial charge in [0.25, 0.3) is 0 Å². The lowest BCUT2D eigenvalue weighted by Gasteiger charge is -2.30. The Morgan fingerprint density at radius 2 is 2.10 bits per heavy atom. The fourth-order valence-corrected chi connectivity index (χ4v) is 4.61. The predicted molar refractivity (Wildman–Crippen MR) is 113 cm³/mol. The fourth-order valence-electron chi connectivity index (χ4n) is 4.21. The van der Waals surface area contributed by atoms with E-state index >= 15 is 0 Å². The highest BCUT2D eigenvalue weighted by Gasteiger charge is 2.44. The molecule has 0 radical (unpaired) electrons. The van der Waals surface area contributed by atoms with Crippen LogP contribution >= 0.6 is 15.9 Å². The van der Waals surface area contributed by atoms with Crippen molar-refractivity contribution in [2.75, 3.05) is 0 Å². The summed E-state index contributed by atoms with van der Waals surface area (Å²) in [6.07, 6.45) is 6.74. The number of aryl methyl sites for hydroxylation is 1. The van der Waals surface area contributed by atoms with Gasteiger partial charge in [0.1, 0.15) is 11.9 Å². The molecule has 2 atom stereocenters. The minimum absolute atomic E-state index is 0.0273. The first-order valence-electron chi connectivity index (χ1n) is 9.33. The zero-order chi connectivity index (χ0) is 20.9. The molecule has 2 aromatic rings. The molecule has 1 aliphatic carbocycles. The number of rotatable bonds is 2. The minimum atomic E-state index is -0.503. The molecule has 4 nitrogen and oxygen atoms in total. The van der Waals surface area contributed by atoms with E-state index in [4.69, 9.17) is 15.9 Å². The van der Waals surface area contributed by atoms with Crippen molar-refractivity contribution < 1.29 is 19.1 Å². The standard InChI is InChI=1S/C24H19BrO4/c1-5-15-6-9-19(25)18(11-15)24(27)28-20-10-12(2)16-7-8-17-13(3)23(26)29-22(17)21(16)14(20)4/h1,6,9-11,17,22H,3,7-8H2,2,4H3/t17-,22+/m0/s1. The number of carbonyl (C=O) groups excluding carboxylic acids is 2. The van der Waals surface area contributed by atoms with Crippen molar-refractivity contribution in [3.05, 3.63) is 74.3 Å². The normalized spacial score (nSPS) is 19.8. The second-order valence-corrected chi connectivity index (χ2v) is 8.29. The Bertz CT molecular complexity index is 1120. The van der Waals surface area contributed by atoms with Gasteiger partial charge in [0.15, 0.2) is 0 Å². The smallest absolute Gasteiger partial charge is 0.344 e. The van der Waals surface area contributed by atoms with Crippen LogP contribution in [0.5, 0.6) is 5.75 Å². The van der Waals surface area contributed by atoms with Gasteiger partial charge in [0.05, 0.1) is 5.56 Å². The fraction of sp³-hybridized carbons (Fsp3) is 0.250. The molecule has 146 valence electrons. The van der Waals surface area contributed by atoms with Crippen LogP contribution in [0, 0.1) is 32.1 Å². The summed E-state index contributed by atoms with van der Waals surface area (Å²) >= 11 is 3.38. The highest BCUT2D eigenvalue weighted by Crippen LogP contribution is 2.49. The molecule has 1 aliphatic heterocycles. The Morgan fingerprint density at radius 1 is 1.34 bits per heavy atom. The monoisotopic (exact) mass is 450 g/mol. The highest BCUT2D eigenvalue weighted by atomic mass is 79.9. The van der Waals surface area contributed by atoms with Crippen molar-refractivity contribution in [2.45, 2.75) is 32.8 Å². The number of ether oxygens (including phenoxy) is 2. The molecule has 0 unspecified atom stereocenters. The molecule has 2 aromatic carbocycles. The molecule has 5 heteroatoms. The van der Waals surface area contributed by atoms with E-state index in [9.17, 15) is 9.59 Å². The van der Waals surface area contributed by atoms with Crippen LogP contribution in [0.25, 0.3) is 0 Å². The Kier molecular flexibility index (Phi) is 4.84. The zero-order valence-electron chi connectivity index (χ0n) is 16.2. The summed E-state index contributed by atoms with van der Waals surface area (Å²) in [5, 5.41) is 0. The van der Waals surface area contributed by atoms with Gasteiger partial charge in [-0.15, -0.1) is 6.42 Å². The summed E-state index contributed by atoms with van der Waals surface area (Å²) in [7, 11) is 0. The Labute approximate surface area is 178 Å². The molecule has 1 saturated heterocycles. The van der Waals surface area contributed by atoms with Gasteiger partial charge in [0, 0.05) is 27.1 Å². The third-order valence-electron chi connectivity index (χ3n) is 5.78. The van der Waals surface area contributed by atoms with Gasteiger partial charge in [0.2, 0.25) is 0 Å². The van der Waals surface area contributed by atoms with Crippen LogP contribution in [-0.2, 0) is 16.0 Å². The maximum Gasteiger partial charge on any atom is 0.344 e. The van der Waals surface area contributed by atoms with E-state index in [1.54, 1.807) is 18.2 Å². The Morgan fingerprint density at radius 3 is 2.83 bits per heavy atom. The highest BCUT2D eigenvalue weighted by molar-refractivity contribution is 9.10. The number of carbonyl (C=O) groups is 2. The Hall–Kier alpha value is -2.84. The average molecular weight is 451 g/mol. The molecule has 1 fully saturated rings.